The van der Waals surface area contributed by atoms with Gasteiger partial charge < -0.3 is 10.8 Å². The Bertz CT molecular complexity index is 156. The van der Waals surface area contributed by atoms with E-state index < -0.39 is 12.0 Å². The number of aliphatic carboxylic acids is 1. The third-order valence-corrected chi connectivity index (χ3v) is 4.25. The molecule has 14 heavy (non-hydrogen) atoms. The number of carboxylic acids is 1. The largest absolute Gasteiger partial charge is 0.480 e. The minimum absolute atomic E-state index is 0.494. The number of carbonyl (C=O) groups is 1. The fraction of sp³-hybridized carbons (Fsp3) is 0.889. The van der Waals surface area contributed by atoms with Gasteiger partial charge in [0.25, 0.3) is 0 Å². The Morgan fingerprint density at radius 1 is 1.36 bits per heavy atom. The van der Waals surface area contributed by atoms with Crippen LogP contribution in [0.15, 0.2) is 0 Å². The van der Waals surface area contributed by atoms with Crippen LogP contribution in [-0.4, -0.2) is 28.6 Å². The van der Waals surface area contributed by atoms with Crippen molar-refractivity contribution in [3.8, 4) is 0 Å². The smallest absolute Gasteiger partial charge is 0.321 e. The number of unbranched alkanes of at least 4 members (excludes halogenated alkanes) is 3. The van der Waals surface area contributed by atoms with E-state index in [-0.39, 0.29) is 0 Å². The fourth-order valence-corrected chi connectivity index (χ4v) is 3.10. The fourth-order valence-electron chi connectivity index (χ4n) is 0.839. The average Bonchev–Trinajstić information content (AvgIpc) is 2.16. The molecule has 0 aliphatic heterocycles. The predicted molar refractivity (Wildman–Crippen MR) is 64.7 cm³/mol. The van der Waals surface area contributed by atoms with Gasteiger partial charge in [0.15, 0.2) is 0 Å². The van der Waals surface area contributed by atoms with E-state index in [1.807, 2.05) is 0 Å². The van der Waals surface area contributed by atoms with Crippen molar-refractivity contribution in [2.24, 2.45) is 5.73 Å². The third-order valence-electron chi connectivity index (χ3n) is 1.73. The van der Waals surface area contributed by atoms with Crippen LogP contribution in [0.5, 0.6) is 0 Å². The van der Waals surface area contributed by atoms with E-state index in [0.717, 1.165) is 5.75 Å². The highest BCUT2D eigenvalue weighted by molar-refractivity contribution is 8.76. The minimum Gasteiger partial charge on any atom is -0.480 e. The van der Waals surface area contributed by atoms with E-state index >= 15 is 0 Å². The molecule has 0 unspecified atom stereocenters. The van der Waals surface area contributed by atoms with Crippen molar-refractivity contribution in [3.05, 3.63) is 0 Å². The first-order valence-electron chi connectivity index (χ1n) is 4.91. The summed E-state index contributed by atoms with van der Waals surface area (Å²) in [6, 6.07) is -0.719. The van der Waals surface area contributed by atoms with Gasteiger partial charge in [0.2, 0.25) is 0 Å². The molecule has 0 saturated carbocycles. The van der Waals surface area contributed by atoms with Crippen molar-refractivity contribution < 1.29 is 9.90 Å². The van der Waals surface area contributed by atoms with E-state index in [4.69, 9.17) is 10.8 Å². The SMILES string of the molecule is CCCCCCSSC[C@H](N)C(=O)O. The van der Waals surface area contributed by atoms with E-state index in [0.29, 0.717) is 5.75 Å². The summed E-state index contributed by atoms with van der Waals surface area (Å²) in [7, 11) is 3.28. The lowest BCUT2D eigenvalue weighted by Crippen LogP contribution is -2.32. The first kappa shape index (κ1) is 14.1. The second-order valence-corrected chi connectivity index (χ2v) is 5.74. The third kappa shape index (κ3) is 8.72. The Labute approximate surface area is 93.6 Å². The first-order valence-corrected chi connectivity index (χ1v) is 7.40. The summed E-state index contributed by atoms with van der Waals surface area (Å²) in [4.78, 5) is 10.4. The molecule has 1 atom stereocenters. The Morgan fingerprint density at radius 2 is 2.07 bits per heavy atom. The maximum Gasteiger partial charge on any atom is 0.321 e. The van der Waals surface area contributed by atoms with E-state index in [2.05, 4.69) is 6.92 Å². The Kier molecular flexibility index (Phi) is 9.77. The van der Waals surface area contributed by atoms with Crippen LogP contribution in [0.3, 0.4) is 0 Å². The molecular formula is C9H19NO2S2. The molecule has 0 radical (unpaired) electrons. The van der Waals surface area contributed by atoms with Crippen LogP contribution >= 0.6 is 21.6 Å². The zero-order valence-corrected chi connectivity index (χ0v) is 10.2. The minimum atomic E-state index is -0.913. The molecule has 5 heteroatoms. The van der Waals surface area contributed by atoms with Crippen molar-refractivity contribution >= 4 is 27.6 Å². The summed E-state index contributed by atoms with van der Waals surface area (Å²) >= 11 is 0. The second-order valence-electron chi connectivity index (χ2n) is 3.11. The van der Waals surface area contributed by atoms with Gasteiger partial charge in [-0.3, -0.25) is 4.79 Å². The van der Waals surface area contributed by atoms with Gasteiger partial charge in [-0.05, 0) is 6.42 Å². The summed E-state index contributed by atoms with van der Waals surface area (Å²) in [5, 5.41) is 8.51. The summed E-state index contributed by atoms with van der Waals surface area (Å²) in [5.74, 6) is 0.675. The molecule has 0 spiro atoms. The molecule has 0 aromatic rings. The van der Waals surface area contributed by atoms with Gasteiger partial charge in [-0.1, -0.05) is 47.8 Å². The molecule has 0 rings (SSSR count). The molecule has 3 nitrogen and oxygen atoms in total. The number of rotatable bonds is 9. The summed E-state index contributed by atoms with van der Waals surface area (Å²) < 4.78 is 0. The molecule has 0 amide bonds. The lowest BCUT2D eigenvalue weighted by atomic mass is 10.2. The van der Waals surface area contributed by atoms with Gasteiger partial charge in [-0.2, -0.15) is 0 Å². The lowest BCUT2D eigenvalue weighted by molar-refractivity contribution is -0.137. The maximum atomic E-state index is 10.4. The van der Waals surface area contributed by atoms with Crippen LogP contribution in [0.2, 0.25) is 0 Å². The van der Waals surface area contributed by atoms with Crippen molar-refractivity contribution in [3.63, 3.8) is 0 Å². The molecule has 0 fully saturated rings. The topological polar surface area (TPSA) is 63.3 Å². The maximum absolute atomic E-state index is 10.4. The zero-order valence-electron chi connectivity index (χ0n) is 8.57. The summed E-state index contributed by atoms with van der Waals surface area (Å²) in [5.41, 5.74) is 5.35. The number of hydrogen-bond donors (Lipinski definition) is 2. The summed E-state index contributed by atoms with van der Waals surface area (Å²) in [6.07, 6.45) is 5.03. The molecule has 0 aliphatic carbocycles. The Morgan fingerprint density at radius 3 is 2.64 bits per heavy atom. The van der Waals surface area contributed by atoms with Gasteiger partial charge in [0.05, 0.1) is 0 Å². The monoisotopic (exact) mass is 237 g/mol. The molecule has 0 aliphatic rings. The van der Waals surface area contributed by atoms with Crippen LogP contribution in [0.1, 0.15) is 32.6 Å². The molecule has 0 aromatic carbocycles. The highest BCUT2D eigenvalue weighted by atomic mass is 33.1. The van der Waals surface area contributed by atoms with Crippen molar-refractivity contribution in [2.75, 3.05) is 11.5 Å². The van der Waals surface area contributed by atoms with E-state index in [1.165, 1.54) is 25.7 Å². The van der Waals surface area contributed by atoms with Crippen LogP contribution in [-0.2, 0) is 4.79 Å². The molecule has 0 bridgehead atoms. The normalized spacial score (nSPS) is 12.7. The number of carboxylic acid groups (broad SMARTS) is 1. The Balaban J connectivity index is 3.09. The zero-order chi connectivity index (χ0) is 10.8. The standard InChI is InChI=1S/C9H19NO2S2/c1-2-3-4-5-6-13-14-7-8(10)9(11)12/h8H,2-7,10H2,1H3,(H,11,12)/t8-/m0/s1. The van der Waals surface area contributed by atoms with Crippen LogP contribution in [0.25, 0.3) is 0 Å². The Hall–Kier alpha value is 0.130. The first-order chi connectivity index (χ1) is 6.68. The van der Waals surface area contributed by atoms with Crippen LogP contribution in [0, 0.1) is 0 Å². The second kappa shape index (κ2) is 9.68. The van der Waals surface area contributed by atoms with Gasteiger partial charge >= 0.3 is 5.97 Å². The van der Waals surface area contributed by atoms with E-state index in [1.54, 1.807) is 21.6 Å². The van der Waals surface area contributed by atoms with Crippen molar-refractivity contribution in [2.45, 2.75) is 38.6 Å². The van der Waals surface area contributed by atoms with Gasteiger partial charge in [0, 0.05) is 11.5 Å². The van der Waals surface area contributed by atoms with Gasteiger partial charge in [0.1, 0.15) is 6.04 Å². The molecule has 84 valence electrons. The highest BCUT2D eigenvalue weighted by Crippen LogP contribution is 2.23. The molecule has 0 saturated heterocycles. The van der Waals surface area contributed by atoms with Crippen molar-refractivity contribution in [1.29, 1.82) is 0 Å². The van der Waals surface area contributed by atoms with Gasteiger partial charge in [-0.15, -0.1) is 0 Å². The average molecular weight is 237 g/mol. The van der Waals surface area contributed by atoms with Gasteiger partial charge in [-0.25, -0.2) is 0 Å². The molecule has 0 heterocycles. The lowest BCUT2D eigenvalue weighted by Gasteiger charge is -2.04. The molecular weight excluding hydrogens is 218 g/mol. The van der Waals surface area contributed by atoms with E-state index in [9.17, 15) is 4.79 Å². The highest BCUT2D eigenvalue weighted by Gasteiger charge is 2.10. The predicted octanol–water partition coefficient (Wildman–Crippen LogP) is 2.36. The number of nitrogens with two attached hydrogens (primary N) is 1. The quantitative estimate of drug-likeness (QED) is 0.476. The summed E-state index contributed by atoms with van der Waals surface area (Å²) in [6.45, 7) is 2.19. The molecule has 3 N–H and O–H groups in total. The molecule has 0 aromatic heterocycles. The number of hydrogen-bond acceptors (Lipinski definition) is 4. The van der Waals surface area contributed by atoms with Crippen LogP contribution < -0.4 is 5.73 Å². The van der Waals surface area contributed by atoms with Crippen LogP contribution in [0.4, 0.5) is 0 Å². The van der Waals surface area contributed by atoms with Crippen molar-refractivity contribution in [1.82, 2.24) is 0 Å².